The standard InChI is InChI=1S/C14H24N2O2Se/c1-3-5-12-19-14(18)16(9-4-2)13(17)15-10-7-6-8-11-15/h4H,2-3,5-12H2,1H3. The van der Waals surface area contributed by atoms with E-state index in [-0.39, 0.29) is 25.8 Å². The first kappa shape index (κ1) is 16.3. The predicted octanol–water partition coefficient (Wildman–Crippen LogP) is 3.12. The van der Waals surface area contributed by atoms with E-state index in [2.05, 4.69) is 13.5 Å². The second kappa shape index (κ2) is 9.16. The predicted molar refractivity (Wildman–Crippen MR) is 78.6 cm³/mol. The molecule has 5 heteroatoms. The molecule has 1 fully saturated rings. The summed E-state index contributed by atoms with van der Waals surface area (Å²) in [5.41, 5.74) is 0. The Morgan fingerprint density at radius 2 is 2.00 bits per heavy atom. The van der Waals surface area contributed by atoms with Crippen LogP contribution in [-0.2, 0) is 0 Å². The number of unbranched alkanes of at least 4 members (excludes halogenated alkanes) is 1. The maximum atomic E-state index is 12.4. The number of carbonyl (C=O) groups excluding carboxylic acids is 2. The molecule has 0 unspecified atom stereocenters. The van der Waals surface area contributed by atoms with Gasteiger partial charge < -0.3 is 0 Å². The Hall–Kier alpha value is -0.801. The van der Waals surface area contributed by atoms with Gasteiger partial charge in [-0.2, -0.15) is 0 Å². The molecule has 3 amide bonds. The zero-order valence-corrected chi connectivity index (χ0v) is 13.5. The molecule has 0 atom stereocenters. The molecule has 1 rings (SSSR count). The van der Waals surface area contributed by atoms with Gasteiger partial charge >= 0.3 is 122 Å². The Morgan fingerprint density at radius 1 is 1.32 bits per heavy atom. The zero-order chi connectivity index (χ0) is 14.1. The molecule has 19 heavy (non-hydrogen) atoms. The Bertz CT molecular complexity index is 315. The Kier molecular flexibility index (Phi) is 7.84. The summed E-state index contributed by atoms with van der Waals surface area (Å²) in [6, 6.07) is -0.122. The van der Waals surface area contributed by atoms with E-state index in [1.807, 2.05) is 0 Å². The van der Waals surface area contributed by atoms with Crippen LogP contribution in [0.4, 0.5) is 9.59 Å². The number of imide groups is 1. The number of hydrogen-bond acceptors (Lipinski definition) is 2. The van der Waals surface area contributed by atoms with Crippen molar-refractivity contribution in [1.29, 1.82) is 0 Å². The summed E-state index contributed by atoms with van der Waals surface area (Å²) in [6.07, 6.45) is 7.06. The van der Waals surface area contributed by atoms with Crippen LogP contribution >= 0.6 is 0 Å². The molecule has 1 aliphatic rings. The van der Waals surface area contributed by atoms with E-state index in [1.54, 1.807) is 11.0 Å². The van der Waals surface area contributed by atoms with Crippen molar-refractivity contribution in [2.75, 3.05) is 19.6 Å². The van der Waals surface area contributed by atoms with E-state index >= 15 is 0 Å². The van der Waals surface area contributed by atoms with Crippen LogP contribution in [-0.4, -0.2) is 55.2 Å². The molecule has 0 N–H and O–H groups in total. The monoisotopic (exact) mass is 332 g/mol. The van der Waals surface area contributed by atoms with Crippen LogP contribution in [0.25, 0.3) is 0 Å². The summed E-state index contributed by atoms with van der Waals surface area (Å²) in [5.74, 6) is 0. The molecular weight excluding hydrogens is 307 g/mol. The van der Waals surface area contributed by atoms with Gasteiger partial charge in [0.05, 0.1) is 0 Å². The fraction of sp³-hybridized carbons (Fsp3) is 0.714. The van der Waals surface area contributed by atoms with Crippen LogP contribution in [0.15, 0.2) is 12.7 Å². The van der Waals surface area contributed by atoms with Crippen LogP contribution < -0.4 is 0 Å². The van der Waals surface area contributed by atoms with Crippen LogP contribution in [0.2, 0.25) is 5.32 Å². The summed E-state index contributed by atoms with van der Waals surface area (Å²) >= 11 is -0.121. The fourth-order valence-corrected chi connectivity index (χ4v) is 3.92. The van der Waals surface area contributed by atoms with Crippen molar-refractivity contribution in [2.45, 2.75) is 44.3 Å². The third-order valence-electron chi connectivity index (χ3n) is 3.11. The number of amides is 3. The molecule has 1 saturated heterocycles. The Morgan fingerprint density at radius 3 is 2.58 bits per heavy atom. The van der Waals surface area contributed by atoms with Crippen molar-refractivity contribution in [2.24, 2.45) is 0 Å². The first-order chi connectivity index (χ1) is 9.20. The second-order valence-electron chi connectivity index (χ2n) is 4.70. The summed E-state index contributed by atoms with van der Waals surface area (Å²) in [5, 5.41) is 0.920. The minimum absolute atomic E-state index is 0.00331. The molecule has 1 aliphatic heterocycles. The third-order valence-corrected chi connectivity index (χ3v) is 5.13. The van der Waals surface area contributed by atoms with Gasteiger partial charge in [-0.05, 0) is 0 Å². The van der Waals surface area contributed by atoms with Crippen molar-refractivity contribution in [3.05, 3.63) is 12.7 Å². The normalized spacial score (nSPS) is 15.1. The van der Waals surface area contributed by atoms with Gasteiger partial charge in [-0.3, -0.25) is 0 Å². The van der Waals surface area contributed by atoms with Gasteiger partial charge in [0.1, 0.15) is 0 Å². The second-order valence-corrected chi connectivity index (χ2v) is 6.89. The molecule has 1 heterocycles. The van der Waals surface area contributed by atoms with Crippen LogP contribution in [0.3, 0.4) is 0 Å². The maximum absolute atomic E-state index is 12.4. The number of likely N-dealkylation sites (tertiary alicyclic amines) is 1. The van der Waals surface area contributed by atoms with Crippen molar-refractivity contribution in [3.63, 3.8) is 0 Å². The van der Waals surface area contributed by atoms with E-state index in [4.69, 9.17) is 0 Å². The third kappa shape index (κ3) is 5.37. The first-order valence-corrected chi connectivity index (χ1v) is 9.11. The quantitative estimate of drug-likeness (QED) is 0.426. The molecule has 0 bridgehead atoms. The van der Waals surface area contributed by atoms with Crippen LogP contribution in [0.5, 0.6) is 0 Å². The van der Waals surface area contributed by atoms with Gasteiger partial charge in [0.2, 0.25) is 0 Å². The van der Waals surface area contributed by atoms with E-state index in [9.17, 15) is 9.59 Å². The molecule has 0 aliphatic carbocycles. The zero-order valence-electron chi connectivity index (χ0n) is 11.8. The summed E-state index contributed by atoms with van der Waals surface area (Å²) < 4.78 is 0. The van der Waals surface area contributed by atoms with Crippen molar-refractivity contribution < 1.29 is 9.59 Å². The van der Waals surface area contributed by atoms with Gasteiger partial charge in [-0.15, -0.1) is 0 Å². The SMILES string of the molecule is C=CCN(C(=O)[Se]CCCC)C(=O)N1CCCCC1. The molecule has 4 nitrogen and oxygen atoms in total. The molecule has 0 aromatic carbocycles. The number of carbonyl (C=O) groups is 2. The molecule has 0 aromatic rings. The molecule has 0 radical (unpaired) electrons. The van der Waals surface area contributed by atoms with Gasteiger partial charge in [0.25, 0.3) is 0 Å². The van der Waals surface area contributed by atoms with E-state index in [0.717, 1.165) is 44.1 Å². The Labute approximate surface area is 122 Å². The van der Waals surface area contributed by atoms with Gasteiger partial charge in [0, 0.05) is 0 Å². The molecule has 0 spiro atoms. The molecular formula is C14H24N2O2Se. The average molecular weight is 331 g/mol. The minimum atomic E-state index is -0.122. The van der Waals surface area contributed by atoms with E-state index in [1.165, 1.54) is 11.3 Å². The average Bonchev–Trinajstić information content (AvgIpc) is 2.45. The molecule has 0 aromatic heterocycles. The number of urea groups is 1. The number of nitrogens with zero attached hydrogens (tertiary/aromatic N) is 2. The number of rotatable bonds is 6. The summed E-state index contributed by atoms with van der Waals surface area (Å²) in [4.78, 5) is 27.7. The van der Waals surface area contributed by atoms with Gasteiger partial charge in [-0.1, -0.05) is 0 Å². The summed E-state index contributed by atoms with van der Waals surface area (Å²) in [6.45, 7) is 7.66. The number of piperidine rings is 1. The van der Waals surface area contributed by atoms with Crippen molar-refractivity contribution in [1.82, 2.24) is 9.80 Å². The topological polar surface area (TPSA) is 40.6 Å². The van der Waals surface area contributed by atoms with Gasteiger partial charge in [0.15, 0.2) is 0 Å². The molecule has 0 saturated carbocycles. The van der Waals surface area contributed by atoms with Crippen LogP contribution in [0.1, 0.15) is 39.0 Å². The van der Waals surface area contributed by atoms with E-state index in [0.29, 0.717) is 6.54 Å². The first-order valence-electron chi connectivity index (χ1n) is 7.04. The van der Waals surface area contributed by atoms with E-state index < -0.39 is 0 Å². The van der Waals surface area contributed by atoms with Crippen LogP contribution in [0, 0.1) is 0 Å². The number of hydrogen-bond donors (Lipinski definition) is 0. The fourth-order valence-electron chi connectivity index (χ4n) is 2.00. The molecule has 108 valence electrons. The van der Waals surface area contributed by atoms with Gasteiger partial charge in [-0.25, -0.2) is 0 Å². The summed E-state index contributed by atoms with van der Waals surface area (Å²) in [7, 11) is 0. The van der Waals surface area contributed by atoms with Crippen molar-refractivity contribution in [3.8, 4) is 0 Å². The Balaban J connectivity index is 2.56. The van der Waals surface area contributed by atoms with Crippen molar-refractivity contribution >= 4 is 25.8 Å².